The Balaban J connectivity index is 1.86. The van der Waals surface area contributed by atoms with Crippen LogP contribution < -0.4 is 11.1 Å². The molecule has 0 heterocycles. The Hall–Kier alpha value is -1.10. The molecule has 0 radical (unpaired) electrons. The van der Waals surface area contributed by atoms with E-state index in [9.17, 15) is 14.7 Å². The van der Waals surface area contributed by atoms with Crippen LogP contribution in [0.25, 0.3) is 0 Å². The molecule has 2 rings (SSSR count). The van der Waals surface area contributed by atoms with Crippen LogP contribution in [0.1, 0.15) is 57.8 Å². The molecular formula is C15H26N2O3. The van der Waals surface area contributed by atoms with Gasteiger partial charge in [-0.25, -0.2) is 0 Å². The third-order valence-electron chi connectivity index (χ3n) is 5.01. The van der Waals surface area contributed by atoms with Gasteiger partial charge in [-0.3, -0.25) is 9.59 Å². The summed E-state index contributed by atoms with van der Waals surface area (Å²) >= 11 is 0. The van der Waals surface area contributed by atoms with Crippen LogP contribution in [0.3, 0.4) is 0 Å². The molecule has 0 atom stereocenters. The summed E-state index contributed by atoms with van der Waals surface area (Å²) in [5, 5.41) is 12.4. The molecule has 2 saturated carbocycles. The van der Waals surface area contributed by atoms with Crippen molar-refractivity contribution in [2.45, 2.75) is 63.8 Å². The van der Waals surface area contributed by atoms with Gasteiger partial charge in [0.25, 0.3) is 0 Å². The minimum atomic E-state index is -0.761. The normalized spacial score (nSPS) is 29.6. The number of hydrogen-bond donors (Lipinski definition) is 3. The summed E-state index contributed by atoms with van der Waals surface area (Å²) in [4.78, 5) is 23.7. The third-order valence-corrected chi connectivity index (χ3v) is 5.01. The standard InChI is InChI=1S/C15H26N2O3/c16-12-6-4-11(5-7-12)13(18)17-10-15(14(19)20)8-2-1-3-9-15/h11-12H,1-10,16H2,(H,17,18)(H,19,20). The molecule has 0 unspecified atom stereocenters. The van der Waals surface area contributed by atoms with Gasteiger partial charge in [0.05, 0.1) is 5.41 Å². The average molecular weight is 282 g/mol. The van der Waals surface area contributed by atoms with Crippen LogP contribution in [0.2, 0.25) is 0 Å². The molecule has 0 saturated heterocycles. The zero-order valence-electron chi connectivity index (χ0n) is 12.1. The molecule has 5 heteroatoms. The smallest absolute Gasteiger partial charge is 0.311 e. The van der Waals surface area contributed by atoms with E-state index in [0.717, 1.165) is 44.9 Å². The van der Waals surface area contributed by atoms with E-state index < -0.39 is 11.4 Å². The van der Waals surface area contributed by atoms with Crippen LogP contribution in [0.5, 0.6) is 0 Å². The Morgan fingerprint density at radius 3 is 2.25 bits per heavy atom. The van der Waals surface area contributed by atoms with E-state index in [1.54, 1.807) is 0 Å². The minimum absolute atomic E-state index is 0.0168. The Kier molecular flexibility index (Phi) is 5.02. The first-order chi connectivity index (χ1) is 9.53. The van der Waals surface area contributed by atoms with Crippen LogP contribution in [0, 0.1) is 11.3 Å². The number of rotatable bonds is 4. The van der Waals surface area contributed by atoms with Gasteiger partial charge in [-0.2, -0.15) is 0 Å². The molecule has 114 valence electrons. The Morgan fingerprint density at radius 2 is 1.70 bits per heavy atom. The quantitative estimate of drug-likeness (QED) is 0.731. The van der Waals surface area contributed by atoms with E-state index in [0.29, 0.717) is 12.8 Å². The molecule has 0 aromatic rings. The van der Waals surface area contributed by atoms with Gasteiger partial charge in [-0.05, 0) is 38.5 Å². The third kappa shape index (κ3) is 3.51. The molecular weight excluding hydrogens is 256 g/mol. The highest BCUT2D eigenvalue weighted by Gasteiger charge is 2.40. The Bertz CT molecular complexity index is 356. The van der Waals surface area contributed by atoms with Crippen LogP contribution in [0.15, 0.2) is 0 Å². The first-order valence-corrected chi connectivity index (χ1v) is 7.80. The number of nitrogens with one attached hydrogen (secondary N) is 1. The SMILES string of the molecule is NC1CCC(C(=O)NCC2(C(=O)O)CCCCC2)CC1. The summed E-state index contributed by atoms with van der Waals surface area (Å²) in [7, 11) is 0. The number of hydrogen-bond acceptors (Lipinski definition) is 3. The predicted molar refractivity (Wildman–Crippen MR) is 76.1 cm³/mol. The molecule has 5 nitrogen and oxygen atoms in total. The second kappa shape index (κ2) is 6.57. The van der Waals surface area contributed by atoms with Crippen LogP contribution in [-0.4, -0.2) is 29.6 Å². The number of carboxylic acid groups (broad SMARTS) is 1. The molecule has 0 bridgehead atoms. The highest BCUT2D eigenvalue weighted by molar-refractivity contribution is 5.80. The minimum Gasteiger partial charge on any atom is -0.481 e. The zero-order chi connectivity index (χ0) is 14.6. The Morgan fingerprint density at radius 1 is 1.10 bits per heavy atom. The van der Waals surface area contributed by atoms with E-state index in [4.69, 9.17) is 5.73 Å². The highest BCUT2D eigenvalue weighted by atomic mass is 16.4. The van der Waals surface area contributed by atoms with Crippen molar-refractivity contribution < 1.29 is 14.7 Å². The summed E-state index contributed by atoms with van der Waals surface area (Å²) in [5.41, 5.74) is 5.10. The summed E-state index contributed by atoms with van der Waals surface area (Å²) in [5.74, 6) is -0.726. The van der Waals surface area contributed by atoms with Crippen molar-refractivity contribution in [3.63, 3.8) is 0 Å². The lowest BCUT2D eigenvalue weighted by atomic mass is 9.74. The lowest BCUT2D eigenvalue weighted by molar-refractivity contribution is -0.151. The maximum atomic E-state index is 12.2. The first kappa shape index (κ1) is 15.3. The monoisotopic (exact) mass is 282 g/mol. The van der Waals surface area contributed by atoms with Crippen molar-refractivity contribution >= 4 is 11.9 Å². The number of aliphatic carboxylic acids is 1. The molecule has 0 spiro atoms. The fourth-order valence-corrected chi connectivity index (χ4v) is 3.48. The van der Waals surface area contributed by atoms with Crippen molar-refractivity contribution in [3.05, 3.63) is 0 Å². The molecule has 4 N–H and O–H groups in total. The summed E-state index contributed by atoms with van der Waals surface area (Å²) in [6, 6.07) is 0.225. The van der Waals surface area contributed by atoms with Gasteiger partial charge in [0.2, 0.25) is 5.91 Å². The van der Waals surface area contributed by atoms with E-state index in [2.05, 4.69) is 5.32 Å². The maximum absolute atomic E-state index is 12.2. The number of carbonyl (C=O) groups excluding carboxylic acids is 1. The number of carboxylic acids is 1. The van der Waals surface area contributed by atoms with Gasteiger partial charge >= 0.3 is 5.97 Å². The lowest BCUT2D eigenvalue weighted by Gasteiger charge is -2.34. The largest absolute Gasteiger partial charge is 0.481 e. The molecule has 2 aliphatic carbocycles. The van der Waals surface area contributed by atoms with Crippen molar-refractivity contribution in [3.8, 4) is 0 Å². The zero-order valence-corrected chi connectivity index (χ0v) is 12.1. The predicted octanol–water partition coefficient (Wildman–Crippen LogP) is 1.66. The molecule has 0 aliphatic heterocycles. The highest BCUT2D eigenvalue weighted by Crippen LogP contribution is 2.36. The van der Waals surface area contributed by atoms with Crippen LogP contribution in [-0.2, 0) is 9.59 Å². The summed E-state index contributed by atoms with van der Waals surface area (Å²) in [6.45, 7) is 0.281. The van der Waals surface area contributed by atoms with Gasteiger partial charge in [0.15, 0.2) is 0 Å². The van der Waals surface area contributed by atoms with Crippen LogP contribution in [0.4, 0.5) is 0 Å². The molecule has 1 amide bonds. The average Bonchev–Trinajstić information content (AvgIpc) is 2.46. The lowest BCUT2D eigenvalue weighted by Crippen LogP contribution is -2.46. The van der Waals surface area contributed by atoms with E-state index in [1.165, 1.54) is 0 Å². The number of carbonyl (C=O) groups is 2. The Labute approximate surface area is 120 Å². The van der Waals surface area contributed by atoms with Crippen molar-refractivity contribution in [1.82, 2.24) is 5.32 Å². The second-order valence-corrected chi connectivity index (χ2v) is 6.48. The van der Waals surface area contributed by atoms with Gasteiger partial charge < -0.3 is 16.2 Å². The van der Waals surface area contributed by atoms with E-state index in [-0.39, 0.29) is 24.4 Å². The fourth-order valence-electron chi connectivity index (χ4n) is 3.48. The van der Waals surface area contributed by atoms with Gasteiger partial charge in [0, 0.05) is 18.5 Å². The molecule has 0 aromatic heterocycles. The molecule has 0 aromatic carbocycles. The molecule has 20 heavy (non-hydrogen) atoms. The summed E-state index contributed by atoms with van der Waals surface area (Å²) < 4.78 is 0. The van der Waals surface area contributed by atoms with Gasteiger partial charge in [-0.15, -0.1) is 0 Å². The first-order valence-electron chi connectivity index (χ1n) is 7.80. The van der Waals surface area contributed by atoms with Gasteiger partial charge in [-0.1, -0.05) is 19.3 Å². The topological polar surface area (TPSA) is 92.4 Å². The van der Waals surface area contributed by atoms with E-state index in [1.807, 2.05) is 0 Å². The molecule has 2 fully saturated rings. The summed E-state index contributed by atoms with van der Waals surface area (Å²) in [6.07, 6.45) is 7.78. The second-order valence-electron chi connectivity index (χ2n) is 6.48. The van der Waals surface area contributed by atoms with Crippen molar-refractivity contribution in [1.29, 1.82) is 0 Å². The van der Waals surface area contributed by atoms with Crippen molar-refractivity contribution in [2.75, 3.05) is 6.54 Å². The number of nitrogens with two attached hydrogens (primary N) is 1. The van der Waals surface area contributed by atoms with Gasteiger partial charge in [0.1, 0.15) is 0 Å². The molecule has 2 aliphatic rings. The maximum Gasteiger partial charge on any atom is 0.311 e. The van der Waals surface area contributed by atoms with E-state index >= 15 is 0 Å². The fraction of sp³-hybridized carbons (Fsp3) is 0.867. The van der Waals surface area contributed by atoms with Crippen LogP contribution >= 0.6 is 0 Å². The van der Waals surface area contributed by atoms with Crippen molar-refractivity contribution in [2.24, 2.45) is 17.1 Å². The number of amides is 1.